The minimum Gasteiger partial charge on any atom is -0.369 e. The first-order chi connectivity index (χ1) is 5.59. The molecule has 0 fully saturated rings. The third-order valence-electron chi connectivity index (χ3n) is 1.56. The van der Waals surface area contributed by atoms with Gasteiger partial charge in [-0.25, -0.2) is 0 Å². The molecule has 1 radical (unpaired) electrons. The summed E-state index contributed by atoms with van der Waals surface area (Å²) in [5, 5.41) is 0. The van der Waals surface area contributed by atoms with Crippen LogP contribution >= 0.6 is 0 Å². The lowest BCUT2D eigenvalue weighted by atomic mass is 10.1. The summed E-state index contributed by atoms with van der Waals surface area (Å²) in [6.07, 6.45) is 1.38. The van der Waals surface area contributed by atoms with Crippen molar-refractivity contribution < 1.29 is 4.79 Å². The lowest BCUT2D eigenvalue weighted by molar-refractivity contribution is -0.114. The number of carbonyl (C=O) groups excluding carboxylic acids is 1. The summed E-state index contributed by atoms with van der Waals surface area (Å²) < 4.78 is 0. The first kappa shape index (κ1) is 8.71. The van der Waals surface area contributed by atoms with Gasteiger partial charge in [-0.15, -0.1) is 0 Å². The summed E-state index contributed by atoms with van der Waals surface area (Å²) in [4.78, 5) is 14.7. The van der Waals surface area contributed by atoms with Crippen LogP contribution < -0.4 is 5.73 Å². The summed E-state index contributed by atoms with van der Waals surface area (Å²) in [6, 6.07) is 3.68. The van der Waals surface area contributed by atoms with Crippen LogP contribution in [0.1, 0.15) is 17.0 Å². The van der Waals surface area contributed by atoms with Crippen LogP contribution in [0.15, 0.2) is 12.1 Å². The molecule has 0 atom stereocenters. The normalized spacial score (nSPS) is 9.83. The van der Waals surface area contributed by atoms with Crippen molar-refractivity contribution in [2.75, 3.05) is 0 Å². The predicted molar refractivity (Wildman–Crippen MR) is 46.3 cm³/mol. The van der Waals surface area contributed by atoms with Gasteiger partial charge in [-0.2, -0.15) is 0 Å². The molecule has 0 saturated heterocycles. The van der Waals surface area contributed by atoms with Gasteiger partial charge in [0, 0.05) is 11.4 Å². The average molecular weight is 163 g/mol. The molecule has 63 valence electrons. The fourth-order valence-corrected chi connectivity index (χ4v) is 1.00. The first-order valence-corrected chi connectivity index (χ1v) is 3.68. The number of pyridine rings is 1. The molecular formula is C9H11N2O. The summed E-state index contributed by atoms with van der Waals surface area (Å²) in [5.74, 6) is -0.441. The lowest BCUT2D eigenvalue weighted by Gasteiger charge is -2.02. The minimum absolute atomic E-state index is 0.441. The maximum Gasteiger partial charge on any atom is 0.226 e. The predicted octanol–water partition coefficient (Wildman–Crippen LogP) is 0.736. The molecule has 0 aromatic carbocycles. The molecule has 1 rings (SSSR count). The second-order valence-electron chi connectivity index (χ2n) is 2.67. The van der Waals surface area contributed by atoms with E-state index in [0.717, 1.165) is 17.0 Å². The number of nitrogens with two attached hydrogens (primary N) is 1. The highest BCUT2D eigenvalue weighted by atomic mass is 16.1. The second-order valence-corrected chi connectivity index (χ2v) is 2.67. The number of rotatable bonds is 2. The number of hydrogen-bond acceptors (Lipinski definition) is 2. The third kappa shape index (κ3) is 2.05. The van der Waals surface area contributed by atoms with Crippen molar-refractivity contribution in [3.63, 3.8) is 0 Å². The molecule has 0 spiro atoms. The Bertz CT molecular complexity index is 307. The molecule has 1 aromatic heterocycles. The van der Waals surface area contributed by atoms with E-state index in [4.69, 9.17) is 5.73 Å². The van der Waals surface area contributed by atoms with Gasteiger partial charge < -0.3 is 5.73 Å². The van der Waals surface area contributed by atoms with Crippen LogP contribution in [0.25, 0.3) is 0 Å². The van der Waals surface area contributed by atoms with E-state index >= 15 is 0 Å². The van der Waals surface area contributed by atoms with Gasteiger partial charge in [0.1, 0.15) is 0 Å². The van der Waals surface area contributed by atoms with Crippen LogP contribution in [0, 0.1) is 20.3 Å². The van der Waals surface area contributed by atoms with Crippen molar-refractivity contribution in [2.24, 2.45) is 5.73 Å². The number of aromatic nitrogens is 1. The van der Waals surface area contributed by atoms with E-state index in [9.17, 15) is 4.79 Å². The summed E-state index contributed by atoms with van der Waals surface area (Å²) in [6.45, 7) is 3.75. The standard InChI is InChI=1S/C9H11N2O/c1-6-3-4-8(5-9(10)12)7(2)11-6/h3-5H,1-2H3,(H2,10,12). The number of hydrogen-bond donors (Lipinski definition) is 1. The molecule has 0 bridgehead atoms. The zero-order chi connectivity index (χ0) is 9.14. The maximum absolute atomic E-state index is 10.5. The number of aryl methyl sites for hydroxylation is 2. The molecule has 3 nitrogen and oxygen atoms in total. The highest BCUT2D eigenvalue weighted by molar-refractivity contribution is 5.87. The molecular weight excluding hydrogens is 152 g/mol. The van der Waals surface area contributed by atoms with Gasteiger partial charge in [-0.05, 0) is 25.5 Å². The van der Waals surface area contributed by atoms with Crippen molar-refractivity contribution in [3.05, 3.63) is 35.5 Å². The molecule has 0 saturated carbocycles. The Labute approximate surface area is 71.6 Å². The Kier molecular flexibility index (Phi) is 2.43. The van der Waals surface area contributed by atoms with Crippen molar-refractivity contribution in [3.8, 4) is 0 Å². The fraction of sp³-hybridized carbons (Fsp3) is 0.222. The zero-order valence-electron chi connectivity index (χ0n) is 7.16. The van der Waals surface area contributed by atoms with E-state index in [1.807, 2.05) is 26.0 Å². The van der Waals surface area contributed by atoms with Gasteiger partial charge in [0.15, 0.2) is 0 Å². The van der Waals surface area contributed by atoms with Crippen LogP contribution in [-0.4, -0.2) is 10.9 Å². The molecule has 0 aliphatic rings. The average Bonchev–Trinajstić information content (AvgIpc) is 1.94. The van der Waals surface area contributed by atoms with Crippen molar-refractivity contribution in [1.82, 2.24) is 4.98 Å². The molecule has 1 amide bonds. The summed E-state index contributed by atoms with van der Waals surface area (Å²) in [7, 11) is 0. The molecule has 3 heteroatoms. The topological polar surface area (TPSA) is 56.0 Å². The number of amides is 1. The van der Waals surface area contributed by atoms with Crippen molar-refractivity contribution >= 4 is 5.91 Å². The van der Waals surface area contributed by atoms with Gasteiger partial charge in [-0.1, -0.05) is 6.07 Å². The Hall–Kier alpha value is -1.38. The summed E-state index contributed by atoms with van der Waals surface area (Å²) >= 11 is 0. The molecule has 0 unspecified atom stereocenters. The molecule has 2 N–H and O–H groups in total. The van der Waals surface area contributed by atoms with Gasteiger partial charge in [0.2, 0.25) is 5.91 Å². The largest absolute Gasteiger partial charge is 0.369 e. The first-order valence-electron chi connectivity index (χ1n) is 3.68. The van der Waals surface area contributed by atoms with Crippen LogP contribution in [0.5, 0.6) is 0 Å². The van der Waals surface area contributed by atoms with Gasteiger partial charge in [0.25, 0.3) is 0 Å². The van der Waals surface area contributed by atoms with Crippen LogP contribution in [0.4, 0.5) is 0 Å². The summed E-state index contributed by atoms with van der Waals surface area (Å²) in [5.41, 5.74) is 7.56. The smallest absolute Gasteiger partial charge is 0.226 e. The molecule has 0 aliphatic carbocycles. The molecule has 12 heavy (non-hydrogen) atoms. The van der Waals surface area contributed by atoms with E-state index in [1.165, 1.54) is 6.42 Å². The second kappa shape index (κ2) is 3.34. The van der Waals surface area contributed by atoms with Crippen LogP contribution in [0.3, 0.4) is 0 Å². The van der Waals surface area contributed by atoms with E-state index < -0.39 is 5.91 Å². The zero-order valence-corrected chi connectivity index (χ0v) is 7.16. The number of primary amides is 1. The quantitative estimate of drug-likeness (QED) is 0.699. The lowest BCUT2D eigenvalue weighted by Crippen LogP contribution is -2.12. The highest BCUT2D eigenvalue weighted by Gasteiger charge is 2.03. The molecule has 1 heterocycles. The van der Waals surface area contributed by atoms with Crippen LogP contribution in [0.2, 0.25) is 0 Å². The maximum atomic E-state index is 10.5. The Morgan fingerprint density at radius 3 is 2.67 bits per heavy atom. The van der Waals surface area contributed by atoms with E-state index in [1.54, 1.807) is 0 Å². The molecule has 0 aliphatic heterocycles. The number of carbonyl (C=O) groups is 1. The van der Waals surface area contributed by atoms with E-state index in [-0.39, 0.29) is 0 Å². The van der Waals surface area contributed by atoms with Gasteiger partial charge in [0.05, 0.1) is 6.42 Å². The highest BCUT2D eigenvalue weighted by Crippen LogP contribution is 2.07. The van der Waals surface area contributed by atoms with E-state index in [2.05, 4.69) is 4.98 Å². The fourth-order valence-electron chi connectivity index (χ4n) is 1.00. The third-order valence-corrected chi connectivity index (χ3v) is 1.56. The van der Waals surface area contributed by atoms with Crippen LogP contribution in [-0.2, 0) is 4.79 Å². The van der Waals surface area contributed by atoms with Crippen molar-refractivity contribution in [1.29, 1.82) is 0 Å². The van der Waals surface area contributed by atoms with Crippen molar-refractivity contribution in [2.45, 2.75) is 13.8 Å². The number of nitrogens with zero attached hydrogens (tertiary/aromatic N) is 1. The van der Waals surface area contributed by atoms with Gasteiger partial charge >= 0.3 is 0 Å². The monoisotopic (exact) mass is 163 g/mol. The Morgan fingerprint density at radius 1 is 1.50 bits per heavy atom. The SMILES string of the molecule is Cc1ccc([CH]C(N)=O)c(C)n1. The van der Waals surface area contributed by atoms with Gasteiger partial charge in [-0.3, -0.25) is 9.78 Å². The van der Waals surface area contributed by atoms with E-state index in [0.29, 0.717) is 0 Å². The Balaban J connectivity index is 2.93. The molecule has 1 aromatic rings. The Morgan fingerprint density at radius 2 is 2.17 bits per heavy atom. The minimum atomic E-state index is -0.441.